The molecule has 0 saturated carbocycles. The molecule has 0 aromatic carbocycles. The van der Waals surface area contributed by atoms with Gasteiger partial charge < -0.3 is 0 Å². The van der Waals surface area contributed by atoms with Crippen molar-refractivity contribution in [2.24, 2.45) is 0 Å². The van der Waals surface area contributed by atoms with Gasteiger partial charge in [0.25, 0.3) is 0 Å². The van der Waals surface area contributed by atoms with Crippen LogP contribution in [0.1, 0.15) is 31.2 Å². The van der Waals surface area contributed by atoms with Gasteiger partial charge in [-0.2, -0.15) is 0 Å². The third kappa shape index (κ3) is 1.83. The van der Waals surface area contributed by atoms with Crippen LogP contribution in [0.3, 0.4) is 0 Å². The summed E-state index contributed by atoms with van der Waals surface area (Å²) in [4.78, 5) is 4.13. The van der Waals surface area contributed by atoms with Gasteiger partial charge in [-0.05, 0) is 34.8 Å². The van der Waals surface area contributed by atoms with Crippen LogP contribution in [0, 0.1) is 12.7 Å². The van der Waals surface area contributed by atoms with Gasteiger partial charge in [0.1, 0.15) is 0 Å². The summed E-state index contributed by atoms with van der Waals surface area (Å²) in [5.41, 5.74) is 1.37. The van der Waals surface area contributed by atoms with Gasteiger partial charge >= 0.3 is 0 Å². The third-order valence-electron chi connectivity index (χ3n) is 1.61. The van der Waals surface area contributed by atoms with Crippen LogP contribution in [-0.4, -0.2) is 4.98 Å². The molecule has 0 amide bonds. The van der Waals surface area contributed by atoms with Crippen molar-refractivity contribution in [3.8, 4) is 0 Å². The largest absolute Gasteiger partial charge is 0.255 e. The predicted molar refractivity (Wildman–Crippen MR) is 50.7 cm³/mol. The summed E-state index contributed by atoms with van der Waals surface area (Å²) in [5, 5.41) is 0. The Hall–Kier alpha value is -0.440. The number of halogens is 2. The highest BCUT2D eigenvalue weighted by Gasteiger charge is 2.11. The lowest BCUT2D eigenvalue weighted by molar-refractivity contribution is 0.576. The van der Waals surface area contributed by atoms with Crippen LogP contribution in [0.4, 0.5) is 4.39 Å². The molecule has 0 bridgehead atoms. The summed E-state index contributed by atoms with van der Waals surface area (Å²) in [6.45, 7) is 5.71. The first-order valence-corrected chi connectivity index (χ1v) is 4.64. The fourth-order valence-corrected chi connectivity index (χ4v) is 1.56. The van der Waals surface area contributed by atoms with Crippen molar-refractivity contribution in [1.82, 2.24) is 4.98 Å². The summed E-state index contributed by atoms with van der Waals surface area (Å²) in [6.07, 6.45) is 0. The van der Waals surface area contributed by atoms with Gasteiger partial charge in [0.2, 0.25) is 0 Å². The van der Waals surface area contributed by atoms with Gasteiger partial charge in [0, 0.05) is 5.69 Å². The summed E-state index contributed by atoms with van der Waals surface area (Å²) in [5.74, 6) is -0.114. The summed E-state index contributed by atoms with van der Waals surface area (Å²) >= 11 is 3.15. The van der Waals surface area contributed by atoms with E-state index >= 15 is 0 Å². The molecule has 1 aromatic rings. The molecule has 0 aliphatic carbocycles. The number of pyridine rings is 1. The fourth-order valence-electron chi connectivity index (χ4n) is 1.02. The second-order valence-electron chi connectivity index (χ2n) is 3.10. The maximum absolute atomic E-state index is 13.3. The van der Waals surface area contributed by atoms with Crippen molar-refractivity contribution < 1.29 is 4.39 Å². The molecule has 0 spiro atoms. The van der Waals surface area contributed by atoms with Crippen molar-refractivity contribution in [2.75, 3.05) is 0 Å². The van der Waals surface area contributed by atoms with E-state index in [9.17, 15) is 4.39 Å². The minimum absolute atomic E-state index is 0.126. The van der Waals surface area contributed by atoms with Gasteiger partial charge in [-0.3, -0.25) is 4.98 Å². The van der Waals surface area contributed by atoms with Crippen LogP contribution in [0.2, 0.25) is 0 Å². The molecule has 1 nitrogen and oxygen atoms in total. The van der Waals surface area contributed by atoms with Crippen molar-refractivity contribution in [2.45, 2.75) is 26.7 Å². The molecule has 0 saturated heterocycles. The zero-order valence-corrected chi connectivity index (χ0v) is 8.94. The van der Waals surface area contributed by atoms with Crippen LogP contribution >= 0.6 is 15.9 Å². The molecule has 0 unspecified atom stereocenters. The summed E-state index contributed by atoms with van der Waals surface area (Å²) in [6, 6.07) is 1.68. The second-order valence-corrected chi connectivity index (χ2v) is 3.95. The summed E-state index contributed by atoms with van der Waals surface area (Å²) in [7, 11) is 0. The van der Waals surface area contributed by atoms with E-state index in [1.165, 1.54) is 0 Å². The number of aromatic nitrogens is 1. The van der Waals surface area contributed by atoms with Crippen molar-refractivity contribution >= 4 is 15.9 Å². The normalized spacial score (nSPS) is 10.8. The van der Waals surface area contributed by atoms with Gasteiger partial charge in [0.15, 0.2) is 5.82 Å². The van der Waals surface area contributed by atoms with E-state index in [0.29, 0.717) is 10.2 Å². The number of hydrogen-bond acceptors (Lipinski definition) is 1. The van der Waals surface area contributed by atoms with E-state index in [0.717, 1.165) is 5.69 Å². The van der Waals surface area contributed by atoms with E-state index in [1.807, 2.05) is 20.8 Å². The Bertz CT molecular complexity index is 297. The quantitative estimate of drug-likeness (QED) is 0.722. The molecule has 3 heteroatoms. The van der Waals surface area contributed by atoms with Crippen LogP contribution in [0.25, 0.3) is 0 Å². The second kappa shape index (κ2) is 3.52. The lowest BCUT2D eigenvalue weighted by atomic mass is 10.1. The fraction of sp³-hybridized carbons (Fsp3) is 0.444. The SMILES string of the molecule is Cc1cc(Br)c(F)c(C(C)C)n1. The zero-order chi connectivity index (χ0) is 9.30. The standard InChI is InChI=1S/C9H11BrFN/c1-5(2)9-8(11)7(10)4-6(3)12-9/h4-5H,1-3H3. The highest BCUT2D eigenvalue weighted by Crippen LogP contribution is 2.23. The average Bonchev–Trinajstić information content (AvgIpc) is 1.96. The molecule has 0 aliphatic heterocycles. The molecule has 1 rings (SSSR count). The molecule has 0 atom stereocenters. The molecular weight excluding hydrogens is 221 g/mol. The summed E-state index contributed by atoms with van der Waals surface area (Å²) < 4.78 is 13.8. The van der Waals surface area contributed by atoms with Gasteiger partial charge in [-0.1, -0.05) is 13.8 Å². The Morgan fingerprint density at radius 3 is 2.58 bits per heavy atom. The first kappa shape index (κ1) is 9.65. The Labute approximate surface area is 80.1 Å². The molecule has 1 heterocycles. The van der Waals surface area contributed by atoms with Crippen LogP contribution < -0.4 is 0 Å². The number of hydrogen-bond donors (Lipinski definition) is 0. The molecular formula is C9H11BrFN. The monoisotopic (exact) mass is 231 g/mol. The van der Waals surface area contributed by atoms with E-state index in [1.54, 1.807) is 6.07 Å². The zero-order valence-electron chi connectivity index (χ0n) is 7.36. The number of rotatable bonds is 1. The molecule has 66 valence electrons. The molecule has 0 N–H and O–H groups in total. The number of nitrogens with zero attached hydrogens (tertiary/aromatic N) is 1. The Balaban J connectivity index is 3.28. The molecule has 0 fully saturated rings. The lowest BCUT2D eigenvalue weighted by Crippen LogP contribution is -2.00. The van der Waals surface area contributed by atoms with E-state index in [4.69, 9.17) is 0 Å². The topological polar surface area (TPSA) is 12.9 Å². The van der Waals surface area contributed by atoms with Gasteiger partial charge in [0.05, 0.1) is 10.2 Å². The Kier molecular flexibility index (Phi) is 2.83. The maximum atomic E-state index is 13.3. The van der Waals surface area contributed by atoms with Crippen LogP contribution in [0.15, 0.2) is 10.5 Å². The van der Waals surface area contributed by atoms with Gasteiger partial charge in [-0.25, -0.2) is 4.39 Å². The van der Waals surface area contributed by atoms with E-state index in [2.05, 4.69) is 20.9 Å². The lowest BCUT2D eigenvalue weighted by Gasteiger charge is -2.07. The third-order valence-corrected chi connectivity index (χ3v) is 2.19. The predicted octanol–water partition coefficient (Wildman–Crippen LogP) is 3.42. The van der Waals surface area contributed by atoms with E-state index < -0.39 is 0 Å². The smallest absolute Gasteiger partial charge is 0.159 e. The van der Waals surface area contributed by atoms with Crippen molar-refractivity contribution in [3.63, 3.8) is 0 Å². The minimum atomic E-state index is -0.240. The Morgan fingerprint density at radius 2 is 2.08 bits per heavy atom. The van der Waals surface area contributed by atoms with Crippen LogP contribution in [-0.2, 0) is 0 Å². The molecule has 1 aromatic heterocycles. The minimum Gasteiger partial charge on any atom is -0.255 e. The average molecular weight is 232 g/mol. The maximum Gasteiger partial charge on any atom is 0.159 e. The van der Waals surface area contributed by atoms with Crippen molar-refractivity contribution in [3.05, 3.63) is 27.7 Å². The Morgan fingerprint density at radius 1 is 1.50 bits per heavy atom. The first-order valence-electron chi connectivity index (χ1n) is 3.85. The van der Waals surface area contributed by atoms with Crippen LogP contribution in [0.5, 0.6) is 0 Å². The molecule has 12 heavy (non-hydrogen) atoms. The molecule has 0 radical (unpaired) electrons. The highest BCUT2D eigenvalue weighted by atomic mass is 79.9. The molecule has 0 aliphatic rings. The number of aryl methyl sites for hydroxylation is 1. The first-order chi connectivity index (χ1) is 5.52. The van der Waals surface area contributed by atoms with E-state index in [-0.39, 0.29) is 11.7 Å². The van der Waals surface area contributed by atoms with Gasteiger partial charge in [-0.15, -0.1) is 0 Å². The highest BCUT2D eigenvalue weighted by molar-refractivity contribution is 9.10. The van der Waals surface area contributed by atoms with Crippen molar-refractivity contribution in [1.29, 1.82) is 0 Å².